The van der Waals surface area contributed by atoms with Crippen LogP contribution in [0.1, 0.15) is 31.7 Å². The number of ether oxygens (including phenoxy) is 1. The van der Waals surface area contributed by atoms with Crippen LogP contribution >= 0.6 is 0 Å². The summed E-state index contributed by atoms with van der Waals surface area (Å²) in [5.74, 6) is 0.874. The van der Waals surface area contributed by atoms with E-state index in [-0.39, 0.29) is 11.9 Å². The molecule has 2 unspecified atom stereocenters. The van der Waals surface area contributed by atoms with Crippen molar-refractivity contribution in [3.05, 3.63) is 29.8 Å². The molecule has 2 atom stereocenters. The topological polar surface area (TPSA) is 61.8 Å². The molecule has 1 aromatic carbocycles. The number of piperidine rings is 1. The standard InChI is InChI=1S/C18H28N2O3/c1-14(21)16-8-5-6-12-20(16)13-18(22)19-11-10-15-7-3-4-9-17(15)23-2/h3-4,7,9,14,16,21H,5-6,8,10-13H2,1-2H3,(H,19,22). The number of likely N-dealkylation sites (tertiary alicyclic amines) is 1. The Morgan fingerprint density at radius 3 is 2.96 bits per heavy atom. The van der Waals surface area contributed by atoms with Crippen molar-refractivity contribution in [1.29, 1.82) is 0 Å². The molecule has 1 saturated heterocycles. The summed E-state index contributed by atoms with van der Waals surface area (Å²) < 4.78 is 5.32. The largest absolute Gasteiger partial charge is 0.496 e. The highest BCUT2D eigenvalue weighted by atomic mass is 16.5. The van der Waals surface area contributed by atoms with Crippen molar-refractivity contribution in [3.63, 3.8) is 0 Å². The van der Waals surface area contributed by atoms with E-state index in [4.69, 9.17) is 4.74 Å². The second-order valence-corrected chi connectivity index (χ2v) is 6.19. The molecule has 0 spiro atoms. The average Bonchev–Trinajstić information content (AvgIpc) is 2.55. The Kier molecular flexibility index (Phi) is 6.86. The van der Waals surface area contributed by atoms with Crippen LogP contribution in [-0.2, 0) is 11.2 Å². The van der Waals surface area contributed by atoms with Gasteiger partial charge in [0.05, 0.1) is 19.8 Å². The van der Waals surface area contributed by atoms with Crippen molar-refractivity contribution >= 4 is 5.91 Å². The van der Waals surface area contributed by atoms with E-state index in [2.05, 4.69) is 10.2 Å². The number of methoxy groups -OCH3 is 1. The first-order valence-corrected chi connectivity index (χ1v) is 8.42. The number of benzene rings is 1. The SMILES string of the molecule is COc1ccccc1CCNC(=O)CN1CCCCC1C(C)O. The number of carbonyl (C=O) groups excluding carboxylic acids is 1. The summed E-state index contributed by atoms with van der Waals surface area (Å²) in [4.78, 5) is 14.3. The summed E-state index contributed by atoms with van der Waals surface area (Å²) in [6, 6.07) is 7.95. The fourth-order valence-electron chi connectivity index (χ4n) is 3.25. The van der Waals surface area contributed by atoms with Gasteiger partial charge in [0.1, 0.15) is 5.75 Å². The minimum atomic E-state index is -0.392. The number of aliphatic hydroxyl groups is 1. The number of nitrogens with zero attached hydrogens (tertiary/aromatic N) is 1. The van der Waals surface area contributed by atoms with E-state index in [1.54, 1.807) is 7.11 Å². The number of para-hydroxylation sites is 1. The zero-order valence-electron chi connectivity index (χ0n) is 14.1. The molecule has 5 nitrogen and oxygen atoms in total. The van der Waals surface area contributed by atoms with E-state index in [0.717, 1.165) is 43.5 Å². The zero-order chi connectivity index (χ0) is 16.7. The van der Waals surface area contributed by atoms with Gasteiger partial charge < -0.3 is 15.2 Å². The number of nitrogens with one attached hydrogen (secondary N) is 1. The van der Waals surface area contributed by atoms with Crippen LogP contribution in [0.3, 0.4) is 0 Å². The lowest BCUT2D eigenvalue weighted by Gasteiger charge is -2.36. The summed E-state index contributed by atoms with van der Waals surface area (Å²) in [6.45, 7) is 3.64. The summed E-state index contributed by atoms with van der Waals surface area (Å²) in [7, 11) is 1.66. The second kappa shape index (κ2) is 8.89. The minimum Gasteiger partial charge on any atom is -0.496 e. The molecule has 0 aliphatic carbocycles. The maximum absolute atomic E-state index is 12.2. The van der Waals surface area contributed by atoms with E-state index in [1.165, 1.54) is 0 Å². The molecule has 0 bridgehead atoms. The molecule has 5 heteroatoms. The quantitative estimate of drug-likeness (QED) is 0.801. The van der Waals surface area contributed by atoms with Crippen molar-refractivity contribution in [2.75, 3.05) is 26.7 Å². The molecule has 23 heavy (non-hydrogen) atoms. The summed E-state index contributed by atoms with van der Waals surface area (Å²) >= 11 is 0. The maximum atomic E-state index is 12.2. The van der Waals surface area contributed by atoms with Gasteiger partial charge in [0, 0.05) is 12.6 Å². The Morgan fingerprint density at radius 1 is 1.43 bits per heavy atom. The predicted molar refractivity (Wildman–Crippen MR) is 90.6 cm³/mol. The first-order chi connectivity index (χ1) is 11.1. The first-order valence-electron chi connectivity index (χ1n) is 8.42. The molecule has 1 heterocycles. The normalized spacial score (nSPS) is 20.0. The third-order valence-electron chi connectivity index (χ3n) is 4.48. The highest BCUT2D eigenvalue weighted by molar-refractivity contribution is 5.78. The Hall–Kier alpha value is -1.59. The predicted octanol–water partition coefficient (Wildman–Crippen LogP) is 1.59. The van der Waals surface area contributed by atoms with Gasteiger partial charge in [-0.15, -0.1) is 0 Å². The lowest BCUT2D eigenvalue weighted by Crippen LogP contribution is -2.50. The van der Waals surface area contributed by atoms with Gasteiger partial charge in [0.2, 0.25) is 5.91 Å². The van der Waals surface area contributed by atoms with Gasteiger partial charge in [-0.05, 0) is 44.4 Å². The number of hydrogen-bond acceptors (Lipinski definition) is 4. The van der Waals surface area contributed by atoms with Crippen LogP contribution in [0.4, 0.5) is 0 Å². The van der Waals surface area contributed by atoms with Gasteiger partial charge in [-0.3, -0.25) is 9.69 Å². The number of hydrogen-bond donors (Lipinski definition) is 2. The number of aliphatic hydroxyl groups excluding tert-OH is 1. The fourth-order valence-corrected chi connectivity index (χ4v) is 3.25. The number of amides is 1. The lowest BCUT2D eigenvalue weighted by atomic mass is 9.98. The molecule has 128 valence electrons. The van der Waals surface area contributed by atoms with Crippen LogP contribution in [0.5, 0.6) is 5.75 Å². The Morgan fingerprint density at radius 2 is 2.22 bits per heavy atom. The molecular formula is C18H28N2O3. The Balaban J connectivity index is 1.78. The lowest BCUT2D eigenvalue weighted by molar-refractivity contribution is -0.123. The molecule has 2 rings (SSSR count). The van der Waals surface area contributed by atoms with E-state index < -0.39 is 6.10 Å². The highest BCUT2D eigenvalue weighted by Crippen LogP contribution is 2.19. The van der Waals surface area contributed by atoms with Gasteiger partial charge >= 0.3 is 0 Å². The van der Waals surface area contributed by atoms with E-state index in [0.29, 0.717) is 13.1 Å². The number of carbonyl (C=O) groups is 1. The fraction of sp³-hybridized carbons (Fsp3) is 0.611. The van der Waals surface area contributed by atoms with Gasteiger partial charge in [-0.2, -0.15) is 0 Å². The second-order valence-electron chi connectivity index (χ2n) is 6.19. The first kappa shape index (κ1) is 17.8. The monoisotopic (exact) mass is 320 g/mol. The van der Waals surface area contributed by atoms with Crippen molar-refractivity contribution in [1.82, 2.24) is 10.2 Å². The minimum absolute atomic E-state index is 0.0208. The van der Waals surface area contributed by atoms with Gasteiger partial charge in [-0.1, -0.05) is 24.6 Å². The number of rotatable bonds is 7. The molecule has 1 aliphatic rings. The third kappa shape index (κ3) is 5.22. The highest BCUT2D eigenvalue weighted by Gasteiger charge is 2.27. The van der Waals surface area contributed by atoms with Crippen LogP contribution in [-0.4, -0.2) is 54.8 Å². The van der Waals surface area contributed by atoms with Crippen LogP contribution in [0.15, 0.2) is 24.3 Å². The smallest absolute Gasteiger partial charge is 0.234 e. The van der Waals surface area contributed by atoms with E-state index >= 15 is 0 Å². The molecule has 2 N–H and O–H groups in total. The molecule has 0 aromatic heterocycles. The maximum Gasteiger partial charge on any atom is 0.234 e. The Bertz CT molecular complexity index is 505. The van der Waals surface area contributed by atoms with E-state index in [1.807, 2.05) is 31.2 Å². The summed E-state index contributed by atoms with van der Waals surface area (Å²) in [5, 5.41) is 12.8. The van der Waals surface area contributed by atoms with Crippen LogP contribution in [0, 0.1) is 0 Å². The molecule has 1 amide bonds. The molecule has 1 aromatic rings. The average molecular weight is 320 g/mol. The molecular weight excluding hydrogens is 292 g/mol. The van der Waals surface area contributed by atoms with Crippen LogP contribution < -0.4 is 10.1 Å². The van der Waals surface area contributed by atoms with Gasteiger partial charge in [0.15, 0.2) is 0 Å². The van der Waals surface area contributed by atoms with Crippen molar-refractivity contribution in [3.8, 4) is 5.75 Å². The molecule has 1 aliphatic heterocycles. The Labute approximate surface area is 138 Å². The van der Waals surface area contributed by atoms with Crippen molar-refractivity contribution < 1.29 is 14.6 Å². The third-order valence-corrected chi connectivity index (χ3v) is 4.48. The summed E-state index contributed by atoms with van der Waals surface area (Å²) in [6.07, 6.45) is 3.54. The van der Waals surface area contributed by atoms with Crippen LogP contribution in [0.25, 0.3) is 0 Å². The molecule has 0 radical (unpaired) electrons. The van der Waals surface area contributed by atoms with Gasteiger partial charge in [-0.25, -0.2) is 0 Å². The zero-order valence-corrected chi connectivity index (χ0v) is 14.1. The van der Waals surface area contributed by atoms with Gasteiger partial charge in [0.25, 0.3) is 0 Å². The summed E-state index contributed by atoms with van der Waals surface area (Å²) in [5.41, 5.74) is 1.09. The molecule has 1 fully saturated rings. The van der Waals surface area contributed by atoms with Crippen molar-refractivity contribution in [2.24, 2.45) is 0 Å². The van der Waals surface area contributed by atoms with Crippen LogP contribution in [0.2, 0.25) is 0 Å². The van der Waals surface area contributed by atoms with Crippen molar-refractivity contribution in [2.45, 2.75) is 44.8 Å². The van der Waals surface area contributed by atoms with E-state index in [9.17, 15) is 9.90 Å². The molecule has 0 saturated carbocycles.